The van der Waals surface area contributed by atoms with Crippen molar-refractivity contribution in [3.63, 3.8) is 0 Å². The van der Waals surface area contributed by atoms with Gasteiger partial charge in [0.2, 0.25) is 5.91 Å². The second-order valence-corrected chi connectivity index (χ2v) is 6.59. The quantitative estimate of drug-likeness (QED) is 0.853. The maximum atomic E-state index is 12.2. The lowest BCUT2D eigenvalue weighted by atomic mass is 9.87. The Morgan fingerprint density at radius 2 is 2.04 bits per heavy atom. The normalized spacial score (nSPS) is 23.2. The van der Waals surface area contributed by atoms with E-state index in [4.69, 9.17) is 5.11 Å². The molecule has 1 fully saturated rings. The molecule has 1 aromatic rings. The Balaban J connectivity index is 0.00000208. The molecule has 0 aromatic heterocycles. The third-order valence-corrected chi connectivity index (χ3v) is 4.98. The van der Waals surface area contributed by atoms with Gasteiger partial charge in [-0.15, -0.1) is 12.4 Å². The molecule has 0 saturated carbocycles. The molecule has 1 aromatic carbocycles. The number of halogens is 1. The molecule has 0 bridgehead atoms. The summed E-state index contributed by atoms with van der Waals surface area (Å²) in [6.07, 6.45) is 4.31. The fourth-order valence-corrected chi connectivity index (χ4v) is 3.67. The molecule has 1 saturated heterocycles. The molecule has 6 heteroatoms. The third-order valence-electron chi connectivity index (χ3n) is 4.98. The fourth-order valence-electron chi connectivity index (χ4n) is 3.67. The second-order valence-electron chi connectivity index (χ2n) is 6.59. The highest BCUT2D eigenvalue weighted by Gasteiger charge is 2.28. The van der Waals surface area contributed by atoms with Gasteiger partial charge in [-0.1, -0.05) is 24.3 Å². The lowest BCUT2D eigenvalue weighted by molar-refractivity contribution is -0.141. The molecule has 2 N–H and O–H groups in total. The smallest absolute Gasteiger partial charge is 0.307 e. The molecule has 2 atom stereocenters. The number of amides is 1. The number of aliphatic carboxylic acids is 1. The second kappa shape index (κ2) is 8.49. The average Bonchev–Trinajstić information content (AvgIpc) is 3.03. The van der Waals surface area contributed by atoms with Crippen LogP contribution in [0.1, 0.15) is 42.9 Å². The number of benzene rings is 1. The first-order chi connectivity index (χ1) is 11.1. The molecule has 0 radical (unpaired) electrons. The molecule has 1 aliphatic carbocycles. The van der Waals surface area contributed by atoms with Gasteiger partial charge in [0.25, 0.3) is 0 Å². The number of hydrogen-bond acceptors (Lipinski definition) is 3. The van der Waals surface area contributed by atoms with E-state index in [2.05, 4.69) is 28.4 Å². The van der Waals surface area contributed by atoms with Crippen LogP contribution in [0.3, 0.4) is 0 Å². The van der Waals surface area contributed by atoms with Gasteiger partial charge in [-0.05, 0) is 43.4 Å². The summed E-state index contributed by atoms with van der Waals surface area (Å²) >= 11 is 0. The van der Waals surface area contributed by atoms with E-state index in [9.17, 15) is 9.59 Å². The van der Waals surface area contributed by atoms with Gasteiger partial charge in [0.15, 0.2) is 0 Å². The lowest BCUT2D eigenvalue weighted by Crippen LogP contribution is -2.34. The molecule has 24 heavy (non-hydrogen) atoms. The van der Waals surface area contributed by atoms with Crippen LogP contribution in [0.2, 0.25) is 0 Å². The Labute approximate surface area is 148 Å². The van der Waals surface area contributed by atoms with Crippen LogP contribution in [-0.4, -0.2) is 41.5 Å². The number of nitrogens with one attached hydrogen (secondary N) is 1. The maximum Gasteiger partial charge on any atom is 0.307 e. The van der Waals surface area contributed by atoms with Crippen molar-refractivity contribution < 1.29 is 14.7 Å². The lowest BCUT2D eigenvalue weighted by Gasteiger charge is -2.26. The minimum Gasteiger partial charge on any atom is -0.481 e. The first-order valence-electron chi connectivity index (χ1n) is 8.46. The van der Waals surface area contributed by atoms with Crippen LogP contribution in [0.25, 0.3) is 0 Å². The Morgan fingerprint density at radius 3 is 2.79 bits per heavy atom. The van der Waals surface area contributed by atoms with E-state index >= 15 is 0 Å². The Hall–Kier alpha value is -1.59. The Bertz CT molecular complexity index is 593. The van der Waals surface area contributed by atoms with Gasteiger partial charge in [-0.25, -0.2) is 0 Å². The summed E-state index contributed by atoms with van der Waals surface area (Å²) in [6, 6.07) is 8.45. The van der Waals surface area contributed by atoms with Crippen LogP contribution in [-0.2, 0) is 16.0 Å². The van der Waals surface area contributed by atoms with Gasteiger partial charge >= 0.3 is 5.97 Å². The number of fused-ring (bicyclic) bond motifs is 1. The van der Waals surface area contributed by atoms with Gasteiger partial charge in [0.05, 0.1) is 12.0 Å². The standard InChI is InChI=1S/C18H24N2O3.ClH/c21-17(9-11-20-10-8-14(12-20)18(22)23)19-16-7-3-5-13-4-1-2-6-15(13)16;/h1-2,4,6,14,16H,3,5,7-12H2,(H,19,21)(H,22,23);1H. The highest BCUT2D eigenvalue weighted by molar-refractivity contribution is 5.85. The van der Waals surface area contributed by atoms with Crippen LogP contribution < -0.4 is 5.32 Å². The number of carbonyl (C=O) groups is 2. The Kier molecular flexibility index (Phi) is 6.63. The van der Waals surface area contributed by atoms with Crippen molar-refractivity contribution >= 4 is 24.3 Å². The van der Waals surface area contributed by atoms with Gasteiger partial charge in [-0.3, -0.25) is 9.59 Å². The molecule has 2 unspecified atom stereocenters. The first-order valence-corrected chi connectivity index (χ1v) is 8.46. The van der Waals surface area contributed by atoms with E-state index in [0.29, 0.717) is 25.9 Å². The zero-order valence-electron chi connectivity index (χ0n) is 13.7. The summed E-state index contributed by atoms with van der Waals surface area (Å²) in [7, 11) is 0. The fraction of sp³-hybridized carbons (Fsp3) is 0.556. The van der Waals surface area contributed by atoms with Gasteiger partial charge < -0.3 is 15.3 Å². The number of nitrogens with zero attached hydrogens (tertiary/aromatic N) is 1. The van der Waals surface area contributed by atoms with E-state index in [1.165, 1.54) is 11.1 Å². The van der Waals surface area contributed by atoms with Crippen molar-refractivity contribution in [2.75, 3.05) is 19.6 Å². The summed E-state index contributed by atoms with van der Waals surface area (Å²) in [4.78, 5) is 25.3. The molecule has 1 amide bonds. The predicted molar refractivity (Wildman–Crippen MR) is 94.3 cm³/mol. The Morgan fingerprint density at radius 1 is 1.25 bits per heavy atom. The number of likely N-dealkylation sites (tertiary alicyclic amines) is 1. The summed E-state index contributed by atoms with van der Waals surface area (Å²) in [6.45, 7) is 1.98. The highest BCUT2D eigenvalue weighted by Crippen LogP contribution is 2.29. The number of carboxylic acids is 1. The van der Waals surface area contributed by atoms with E-state index in [0.717, 1.165) is 25.8 Å². The number of carbonyl (C=O) groups excluding carboxylic acids is 1. The summed E-state index contributed by atoms with van der Waals surface area (Å²) in [5, 5.41) is 12.2. The first kappa shape index (κ1) is 18.7. The van der Waals surface area contributed by atoms with Crippen LogP contribution in [0, 0.1) is 5.92 Å². The van der Waals surface area contributed by atoms with E-state index in [-0.39, 0.29) is 30.3 Å². The van der Waals surface area contributed by atoms with Crippen molar-refractivity contribution in [1.29, 1.82) is 0 Å². The monoisotopic (exact) mass is 352 g/mol. The number of carboxylic acid groups (broad SMARTS) is 1. The molecule has 3 rings (SSSR count). The van der Waals surface area contributed by atoms with Crippen molar-refractivity contribution in [2.45, 2.75) is 38.1 Å². The molecular weight excluding hydrogens is 328 g/mol. The molecule has 132 valence electrons. The van der Waals surface area contributed by atoms with Crippen molar-refractivity contribution in [2.24, 2.45) is 5.92 Å². The third kappa shape index (κ3) is 4.48. The van der Waals surface area contributed by atoms with Crippen molar-refractivity contribution in [3.8, 4) is 0 Å². The topological polar surface area (TPSA) is 69.6 Å². The molecule has 1 heterocycles. The molecule has 0 spiro atoms. The zero-order chi connectivity index (χ0) is 16.2. The predicted octanol–water partition coefficient (Wildman–Crippen LogP) is 2.40. The average molecular weight is 353 g/mol. The molecular formula is C18H25ClN2O3. The van der Waals surface area contributed by atoms with E-state index in [1.54, 1.807) is 0 Å². The number of rotatable bonds is 5. The van der Waals surface area contributed by atoms with Gasteiger partial charge in [0, 0.05) is 19.5 Å². The van der Waals surface area contributed by atoms with Gasteiger partial charge in [0.1, 0.15) is 0 Å². The minimum absolute atomic E-state index is 0. The molecule has 5 nitrogen and oxygen atoms in total. The van der Waals surface area contributed by atoms with Crippen molar-refractivity contribution in [3.05, 3.63) is 35.4 Å². The van der Waals surface area contributed by atoms with Crippen LogP contribution in [0.15, 0.2) is 24.3 Å². The summed E-state index contributed by atoms with van der Waals surface area (Å²) < 4.78 is 0. The highest BCUT2D eigenvalue weighted by atomic mass is 35.5. The number of hydrogen-bond donors (Lipinski definition) is 2. The van der Waals surface area contributed by atoms with Gasteiger partial charge in [-0.2, -0.15) is 0 Å². The molecule has 2 aliphatic rings. The van der Waals surface area contributed by atoms with E-state index < -0.39 is 5.97 Å². The maximum absolute atomic E-state index is 12.2. The van der Waals surface area contributed by atoms with Crippen LogP contribution in [0.4, 0.5) is 0 Å². The van der Waals surface area contributed by atoms with Crippen LogP contribution in [0.5, 0.6) is 0 Å². The minimum atomic E-state index is -0.726. The number of aryl methyl sites for hydroxylation is 1. The van der Waals surface area contributed by atoms with Crippen molar-refractivity contribution in [1.82, 2.24) is 10.2 Å². The van der Waals surface area contributed by atoms with E-state index in [1.807, 2.05) is 6.07 Å². The zero-order valence-corrected chi connectivity index (χ0v) is 14.6. The molecule has 1 aliphatic heterocycles. The SMILES string of the molecule is Cl.O=C(CCN1CCC(C(=O)O)C1)NC1CCCc2ccccc21. The summed E-state index contributed by atoms with van der Waals surface area (Å²) in [5.41, 5.74) is 2.59. The summed E-state index contributed by atoms with van der Waals surface area (Å²) in [5.74, 6) is -0.940. The largest absolute Gasteiger partial charge is 0.481 e. The van der Waals surface area contributed by atoms with Crippen LogP contribution >= 0.6 is 12.4 Å².